The quantitative estimate of drug-likeness (QED) is 0.684. The van der Waals surface area contributed by atoms with E-state index < -0.39 is 20.5 Å². The van der Waals surface area contributed by atoms with E-state index >= 15 is 0 Å². The number of hydrogen-bond donors (Lipinski definition) is 2. The Labute approximate surface area is 101 Å². The molecule has 1 unspecified atom stereocenters. The van der Waals surface area contributed by atoms with E-state index in [9.17, 15) is 18.0 Å². The van der Waals surface area contributed by atoms with Crippen LogP contribution in [0.25, 0.3) is 0 Å². The van der Waals surface area contributed by atoms with E-state index in [-0.39, 0.29) is 24.8 Å². The van der Waals surface area contributed by atoms with Gasteiger partial charge in [0.25, 0.3) is 0 Å². The minimum Gasteiger partial charge on any atom is -0.355 e. The maximum atomic E-state index is 11.7. The fourth-order valence-corrected chi connectivity index (χ4v) is 1.70. The molecule has 1 fully saturated rings. The van der Waals surface area contributed by atoms with E-state index in [2.05, 4.69) is 10.6 Å². The second kappa shape index (κ2) is 4.64. The van der Waals surface area contributed by atoms with Crippen LogP contribution in [-0.4, -0.2) is 44.3 Å². The van der Waals surface area contributed by atoms with Crippen LogP contribution in [0.1, 0.15) is 20.3 Å². The Balaban J connectivity index is 2.52. The molecule has 0 aromatic rings. The normalized spacial score (nSPS) is 21.1. The molecule has 98 valence electrons. The fourth-order valence-electron chi connectivity index (χ4n) is 1.37. The summed E-state index contributed by atoms with van der Waals surface area (Å²) in [6.45, 7) is 3.49. The SMILES string of the molecule is CC(C)(CNC(=O)C1CNC(=O)C1)S(C)(=O)=O. The number of carbonyl (C=O) groups is 2. The van der Waals surface area contributed by atoms with E-state index in [1.165, 1.54) is 0 Å². The minimum atomic E-state index is -3.23. The zero-order valence-corrected chi connectivity index (χ0v) is 11.1. The van der Waals surface area contributed by atoms with Crippen LogP contribution in [0.5, 0.6) is 0 Å². The van der Waals surface area contributed by atoms with Crippen molar-refractivity contribution in [2.75, 3.05) is 19.3 Å². The molecule has 0 aromatic heterocycles. The molecule has 2 N–H and O–H groups in total. The molecule has 1 atom stereocenters. The second-order valence-electron chi connectivity index (χ2n) is 4.95. The first-order chi connectivity index (χ1) is 7.63. The lowest BCUT2D eigenvalue weighted by molar-refractivity contribution is -0.126. The summed E-state index contributed by atoms with van der Waals surface area (Å²) in [5, 5.41) is 5.14. The zero-order chi connectivity index (χ0) is 13.3. The number of sulfone groups is 1. The first-order valence-corrected chi connectivity index (χ1v) is 7.26. The Morgan fingerprint density at radius 2 is 2.12 bits per heavy atom. The molecule has 1 heterocycles. The van der Waals surface area contributed by atoms with Gasteiger partial charge in [0.15, 0.2) is 9.84 Å². The number of hydrogen-bond acceptors (Lipinski definition) is 4. The van der Waals surface area contributed by atoms with Gasteiger partial charge in [-0.3, -0.25) is 9.59 Å². The van der Waals surface area contributed by atoms with Gasteiger partial charge in [0.05, 0.1) is 10.7 Å². The third-order valence-corrected chi connectivity index (χ3v) is 5.19. The van der Waals surface area contributed by atoms with Gasteiger partial charge in [-0.1, -0.05) is 0 Å². The molecule has 0 saturated carbocycles. The molecule has 1 aliphatic rings. The summed E-state index contributed by atoms with van der Waals surface area (Å²) in [6, 6.07) is 0. The molecule has 1 rings (SSSR count). The van der Waals surface area contributed by atoms with Gasteiger partial charge in [0.1, 0.15) is 0 Å². The molecule has 7 heteroatoms. The van der Waals surface area contributed by atoms with Crippen molar-refractivity contribution in [2.24, 2.45) is 5.92 Å². The largest absolute Gasteiger partial charge is 0.355 e. The van der Waals surface area contributed by atoms with Crippen LogP contribution in [0.4, 0.5) is 0 Å². The predicted molar refractivity (Wildman–Crippen MR) is 63.0 cm³/mol. The van der Waals surface area contributed by atoms with E-state index in [0.29, 0.717) is 6.54 Å². The summed E-state index contributed by atoms with van der Waals surface area (Å²) < 4.78 is 21.8. The van der Waals surface area contributed by atoms with Crippen LogP contribution in [-0.2, 0) is 19.4 Å². The van der Waals surface area contributed by atoms with Crippen LogP contribution in [0.15, 0.2) is 0 Å². The molecule has 17 heavy (non-hydrogen) atoms. The highest BCUT2D eigenvalue weighted by molar-refractivity contribution is 7.92. The lowest BCUT2D eigenvalue weighted by atomic mass is 10.1. The van der Waals surface area contributed by atoms with E-state index in [1.807, 2.05) is 0 Å². The Morgan fingerprint density at radius 3 is 2.53 bits per heavy atom. The molecule has 1 aliphatic heterocycles. The number of carbonyl (C=O) groups excluding carboxylic acids is 2. The molecule has 6 nitrogen and oxygen atoms in total. The Kier molecular flexibility index (Phi) is 3.81. The summed E-state index contributed by atoms with van der Waals surface area (Å²) in [5.74, 6) is -0.814. The lowest BCUT2D eigenvalue weighted by Gasteiger charge is -2.23. The van der Waals surface area contributed by atoms with Crippen LogP contribution in [0.3, 0.4) is 0 Å². The first-order valence-electron chi connectivity index (χ1n) is 5.37. The average molecular weight is 262 g/mol. The zero-order valence-electron chi connectivity index (χ0n) is 10.2. The Bertz CT molecular complexity index is 428. The summed E-state index contributed by atoms with van der Waals surface area (Å²) in [4.78, 5) is 22.6. The Morgan fingerprint density at radius 1 is 1.53 bits per heavy atom. The van der Waals surface area contributed by atoms with Crippen molar-refractivity contribution in [2.45, 2.75) is 25.0 Å². The van der Waals surface area contributed by atoms with Crippen LogP contribution in [0.2, 0.25) is 0 Å². The number of nitrogens with one attached hydrogen (secondary N) is 2. The van der Waals surface area contributed by atoms with Crippen molar-refractivity contribution in [3.63, 3.8) is 0 Å². The summed E-state index contributed by atoms with van der Waals surface area (Å²) >= 11 is 0. The monoisotopic (exact) mass is 262 g/mol. The van der Waals surface area contributed by atoms with Gasteiger partial charge in [0, 0.05) is 25.8 Å². The van der Waals surface area contributed by atoms with Gasteiger partial charge in [-0.2, -0.15) is 0 Å². The first kappa shape index (κ1) is 14.0. The molecular weight excluding hydrogens is 244 g/mol. The topological polar surface area (TPSA) is 92.3 Å². The molecular formula is C10H18N2O4S. The fraction of sp³-hybridized carbons (Fsp3) is 0.800. The van der Waals surface area contributed by atoms with Gasteiger partial charge in [-0.15, -0.1) is 0 Å². The van der Waals surface area contributed by atoms with Gasteiger partial charge in [-0.25, -0.2) is 8.42 Å². The standard InChI is InChI=1S/C10H18N2O4S/c1-10(2,17(3,15)16)6-12-9(14)7-4-8(13)11-5-7/h7H,4-6H2,1-3H3,(H,11,13)(H,12,14). The third-order valence-electron chi connectivity index (χ3n) is 3.04. The Hall–Kier alpha value is -1.11. The molecule has 0 aromatic carbocycles. The van der Waals surface area contributed by atoms with Crippen molar-refractivity contribution >= 4 is 21.7 Å². The molecule has 0 radical (unpaired) electrons. The van der Waals surface area contributed by atoms with E-state index in [1.54, 1.807) is 13.8 Å². The van der Waals surface area contributed by atoms with Crippen molar-refractivity contribution in [1.29, 1.82) is 0 Å². The minimum absolute atomic E-state index is 0.0509. The van der Waals surface area contributed by atoms with Crippen LogP contribution >= 0.6 is 0 Å². The van der Waals surface area contributed by atoms with Crippen LogP contribution < -0.4 is 10.6 Å². The molecule has 0 spiro atoms. The van der Waals surface area contributed by atoms with Gasteiger partial charge in [0.2, 0.25) is 11.8 Å². The summed E-state index contributed by atoms with van der Waals surface area (Å²) in [5.41, 5.74) is 0. The van der Waals surface area contributed by atoms with Gasteiger partial charge < -0.3 is 10.6 Å². The summed E-state index contributed by atoms with van der Waals surface area (Å²) in [6.07, 6.45) is 1.31. The highest BCUT2D eigenvalue weighted by Gasteiger charge is 2.33. The summed E-state index contributed by atoms with van der Waals surface area (Å²) in [7, 11) is -3.23. The number of amides is 2. The van der Waals surface area contributed by atoms with Crippen LogP contribution in [0, 0.1) is 5.92 Å². The molecule has 2 amide bonds. The van der Waals surface area contributed by atoms with Gasteiger partial charge >= 0.3 is 0 Å². The van der Waals surface area contributed by atoms with Gasteiger partial charge in [-0.05, 0) is 13.8 Å². The maximum absolute atomic E-state index is 11.7. The average Bonchev–Trinajstić information content (AvgIpc) is 2.59. The predicted octanol–water partition coefficient (Wildman–Crippen LogP) is -0.938. The van der Waals surface area contributed by atoms with Crippen molar-refractivity contribution in [1.82, 2.24) is 10.6 Å². The molecule has 0 aliphatic carbocycles. The third kappa shape index (κ3) is 3.42. The smallest absolute Gasteiger partial charge is 0.225 e. The number of rotatable bonds is 4. The highest BCUT2D eigenvalue weighted by Crippen LogP contribution is 2.14. The van der Waals surface area contributed by atoms with Crippen molar-refractivity contribution in [3.8, 4) is 0 Å². The van der Waals surface area contributed by atoms with E-state index in [0.717, 1.165) is 6.26 Å². The molecule has 0 bridgehead atoms. The lowest BCUT2D eigenvalue weighted by Crippen LogP contribution is -2.45. The highest BCUT2D eigenvalue weighted by atomic mass is 32.2. The van der Waals surface area contributed by atoms with E-state index in [4.69, 9.17) is 0 Å². The maximum Gasteiger partial charge on any atom is 0.225 e. The van der Waals surface area contributed by atoms with Crippen molar-refractivity contribution < 1.29 is 18.0 Å². The van der Waals surface area contributed by atoms with Crippen molar-refractivity contribution in [3.05, 3.63) is 0 Å². The molecule has 1 saturated heterocycles. The second-order valence-corrected chi connectivity index (χ2v) is 7.60.